The number of ether oxygens (including phenoxy) is 1. The first-order valence-electron chi connectivity index (χ1n) is 6.85. The highest BCUT2D eigenvalue weighted by molar-refractivity contribution is 5.99. The average molecular weight is 262 g/mol. The van der Waals surface area contributed by atoms with Gasteiger partial charge in [-0.1, -0.05) is 18.6 Å². The lowest BCUT2D eigenvalue weighted by Gasteiger charge is -2.33. The van der Waals surface area contributed by atoms with Crippen molar-refractivity contribution < 1.29 is 9.53 Å². The molecule has 1 aliphatic heterocycles. The Balaban J connectivity index is 2.21. The van der Waals surface area contributed by atoms with E-state index in [-0.39, 0.29) is 12.0 Å². The third-order valence-corrected chi connectivity index (χ3v) is 3.56. The van der Waals surface area contributed by atoms with Crippen molar-refractivity contribution in [3.8, 4) is 0 Å². The van der Waals surface area contributed by atoms with Gasteiger partial charge in [-0.15, -0.1) is 0 Å². The summed E-state index contributed by atoms with van der Waals surface area (Å²) in [5.41, 5.74) is 2.73. The van der Waals surface area contributed by atoms with Crippen LogP contribution in [-0.4, -0.2) is 43.7 Å². The van der Waals surface area contributed by atoms with E-state index >= 15 is 0 Å². The van der Waals surface area contributed by atoms with Gasteiger partial charge in [0.05, 0.1) is 18.3 Å². The molecule has 0 bridgehead atoms. The second-order valence-corrected chi connectivity index (χ2v) is 4.95. The number of aryl methyl sites for hydroxylation is 1. The maximum absolute atomic E-state index is 12.6. The van der Waals surface area contributed by atoms with Crippen LogP contribution in [0.5, 0.6) is 0 Å². The van der Waals surface area contributed by atoms with Gasteiger partial charge in [0.15, 0.2) is 0 Å². The minimum absolute atomic E-state index is 0.0924. The van der Waals surface area contributed by atoms with Crippen molar-refractivity contribution in [2.45, 2.75) is 26.4 Å². The zero-order chi connectivity index (χ0) is 13.8. The molecule has 1 aromatic rings. The monoisotopic (exact) mass is 262 g/mol. The maximum atomic E-state index is 12.6. The van der Waals surface area contributed by atoms with E-state index in [9.17, 15) is 4.79 Å². The summed E-state index contributed by atoms with van der Waals surface area (Å²) in [5.74, 6) is 0.0924. The van der Waals surface area contributed by atoms with Crippen molar-refractivity contribution in [1.29, 1.82) is 0 Å². The zero-order valence-electron chi connectivity index (χ0n) is 11.9. The molecule has 1 fully saturated rings. The van der Waals surface area contributed by atoms with Gasteiger partial charge in [0, 0.05) is 25.8 Å². The number of benzene rings is 1. The molecule has 1 saturated heterocycles. The summed E-state index contributed by atoms with van der Waals surface area (Å²) in [6.45, 7) is 6.08. The minimum atomic E-state index is 0.0924. The number of carbonyl (C=O) groups is 1. The zero-order valence-corrected chi connectivity index (χ0v) is 11.9. The molecule has 104 valence electrons. The van der Waals surface area contributed by atoms with E-state index < -0.39 is 0 Å². The minimum Gasteiger partial charge on any atom is -0.387 e. The highest BCUT2D eigenvalue weighted by Crippen LogP contribution is 2.20. The molecule has 1 aromatic carbocycles. The summed E-state index contributed by atoms with van der Waals surface area (Å²) in [5, 5.41) is 3.09. The van der Waals surface area contributed by atoms with Gasteiger partial charge in [0.1, 0.15) is 0 Å². The van der Waals surface area contributed by atoms with E-state index in [1.807, 2.05) is 37.1 Å². The number of rotatable bonds is 3. The summed E-state index contributed by atoms with van der Waals surface area (Å²) in [6, 6.07) is 5.92. The Morgan fingerprint density at radius 1 is 1.53 bits per heavy atom. The maximum Gasteiger partial charge on any atom is 0.256 e. The summed E-state index contributed by atoms with van der Waals surface area (Å²) in [7, 11) is 1.84. The lowest BCUT2D eigenvalue weighted by atomic mass is 10.1. The van der Waals surface area contributed by atoms with Crippen LogP contribution in [0.15, 0.2) is 18.2 Å². The van der Waals surface area contributed by atoms with Crippen molar-refractivity contribution in [2.24, 2.45) is 0 Å². The summed E-state index contributed by atoms with van der Waals surface area (Å²) in [6.07, 6.45) is 1.11. The van der Waals surface area contributed by atoms with E-state index in [1.165, 1.54) is 0 Å². The molecule has 0 spiro atoms. The second kappa shape index (κ2) is 6.06. The van der Waals surface area contributed by atoms with Gasteiger partial charge in [0.25, 0.3) is 5.91 Å². The van der Waals surface area contributed by atoms with Gasteiger partial charge in [-0.3, -0.25) is 4.79 Å². The topological polar surface area (TPSA) is 41.6 Å². The van der Waals surface area contributed by atoms with Gasteiger partial charge in [-0.25, -0.2) is 0 Å². The molecule has 1 unspecified atom stereocenters. The highest BCUT2D eigenvalue weighted by atomic mass is 16.5. The fourth-order valence-electron chi connectivity index (χ4n) is 2.37. The molecule has 1 atom stereocenters. The van der Waals surface area contributed by atoms with Crippen LogP contribution in [0, 0.1) is 6.92 Å². The number of nitrogens with zero attached hydrogens (tertiary/aromatic N) is 1. The molecule has 0 radical (unpaired) electrons. The molecule has 1 heterocycles. The lowest BCUT2D eigenvalue weighted by Crippen LogP contribution is -2.45. The van der Waals surface area contributed by atoms with Crippen LogP contribution in [0.3, 0.4) is 0 Å². The third kappa shape index (κ3) is 3.07. The van der Waals surface area contributed by atoms with E-state index in [2.05, 4.69) is 12.2 Å². The first-order valence-corrected chi connectivity index (χ1v) is 6.85. The van der Waals surface area contributed by atoms with Gasteiger partial charge in [-0.05, 0) is 25.5 Å². The van der Waals surface area contributed by atoms with E-state index in [0.29, 0.717) is 19.7 Å². The second-order valence-electron chi connectivity index (χ2n) is 4.95. The average Bonchev–Trinajstić information content (AvgIpc) is 2.46. The number of anilines is 1. The van der Waals surface area contributed by atoms with Crippen LogP contribution in [0.2, 0.25) is 0 Å². The molecular weight excluding hydrogens is 240 g/mol. The number of hydrogen-bond acceptors (Lipinski definition) is 3. The van der Waals surface area contributed by atoms with Crippen molar-refractivity contribution in [1.82, 2.24) is 4.90 Å². The predicted octanol–water partition coefficient (Wildman–Crippen LogP) is 2.29. The Morgan fingerprint density at radius 2 is 2.32 bits per heavy atom. The molecule has 2 rings (SSSR count). The number of nitrogens with one attached hydrogen (secondary N) is 1. The Kier molecular flexibility index (Phi) is 4.43. The molecule has 0 aliphatic carbocycles. The molecule has 1 amide bonds. The molecule has 1 aliphatic rings. The first kappa shape index (κ1) is 13.9. The standard InChI is InChI=1S/C15H22N2O2/c1-4-12-10-17(7-8-19-12)15(18)13-9-11(2)5-6-14(13)16-3/h5-6,9,12,16H,4,7-8,10H2,1-3H3. The molecule has 0 aromatic heterocycles. The Hall–Kier alpha value is -1.55. The van der Waals surface area contributed by atoms with E-state index in [0.717, 1.165) is 23.2 Å². The highest BCUT2D eigenvalue weighted by Gasteiger charge is 2.25. The number of carbonyl (C=O) groups excluding carboxylic acids is 1. The molecule has 4 heteroatoms. The van der Waals surface area contributed by atoms with Crippen LogP contribution in [0.25, 0.3) is 0 Å². The lowest BCUT2D eigenvalue weighted by molar-refractivity contribution is -0.0225. The number of morpholine rings is 1. The molecular formula is C15H22N2O2. The summed E-state index contributed by atoms with van der Waals surface area (Å²) >= 11 is 0. The fourth-order valence-corrected chi connectivity index (χ4v) is 2.37. The Morgan fingerprint density at radius 3 is 3.00 bits per heavy atom. The summed E-state index contributed by atoms with van der Waals surface area (Å²) < 4.78 is 5.61. The van der Waals surface area contributed by atoms with Crippen molar-refractivity contribution in [3.05, 3.63) is 29.3 Å². The van der Waals surface area contributed by atoms with Crippen molar-refractivity contribution in [2.75, 3.05) is 32.1 Å². The normalized spacial score (nSPS) is 19.3. The van der Waals surface area contributed by atoms with Crippen LogP contribution in [0.1, 0.15) is 29.3 Å². The molecule has 19 heavy (non-hydrogen) atoms. The van der Waals surface area contributed by atoms with Crippen LogP contribution < -0.4 is 5.32 Å². The number of amides is 1. The number of hydrogen-bond donors (Lipinski definition) is 1. The van der Waals surface area contributed by atoms with Gasteiger partial charge in [-0.2, -0.15) is 0 Å². The predicted molar refractivity (Wildman–Crippen MR) is 76.7 cm³/mol. The van der Waals surface area contributed by atoms with Crippen LogP contribution in [0.4, 0.5) is 5.69 Å². The van der Waals surface area contributed by atoms with Gasteiger partial charge < -0.3 is 15.0 Å². The molecule has 0 saturated carbocycles. The van der Waals surface area contributed by atoms with Crippen molar-refractivity contribution >= 4 is 11.6 Å². The van der Waals surface area contributed by atoms with Gasteiger partial charge in [0.2, 0.25) is 0 Å². The van der Waals surface area contributed by atoms with Crippen LogP contribution >= 0.6 is 0 Å². The summed E-state index contributed by atoms with van der Waals surface area (Å²) in [4.78, 5) is 14.5. The molecule has 1 N–H and O–H groups in total. The largest absolute Gasteiger partial charge is 0.387 e. The fraction of sp³-hybridized carbons (Fsp3) is 0.533. The van der Waals surface area contributed by atoms with Crippen molar-refractivity contribution in [3.63, 3.8) is 0 Å². The Labute approximate surface area is 114 Å². The first-order chi connectivity index (χ1) is 9.15. The van der Waals surface area contributed by atoms with Gasteiger partial charge >= 0.3 is 0 Å². The van der Waals surface area contributed by atoms with E-state index in [1.54, 1.807) is 0 Å². The molecule has 4 nitrogen and oxygen atoms in total. The third-order valence-electron chi connectivity index (χ3n) is 3.56. The SMILES string of the molecule is CCC1CN(C(=O)c2cc(C)ccc2NC)CCO1. The smallest absolute Gasteiger partial charge is 0.256 e. The van der Waals surface area contributed by atoms with Crippen LogP contribution in [-0.2, 0) is 4.74 Å². The Bertz CT molecular complexity index is 459. The van der Waals surface area contributed by atoms with E-state index in [4.69, 9.17) is 4.74 Å². The quantitative estimate of drug-likeness (QED) is 0.908.